The van der Waals surface area contributed by atoms with Gasteiger partial charge < -0.3 is 4.90 Å². The molecule has 1 fully saturated rings. The molecule has 0 bridgehead atoms. The molecule has 4 nitrogen and oxygen atoms in total. The van der Waals surface area contributed by atoms with Gasteiger partial charge in [0.05, 0.1) is 0 Å². The molecule has 0 atom stereocenters. The molecule has 3 rings (SSSR count). The van der Waals surface area contributed by atoms with Crippen LogP contribution >= 0.6 is 11.3 Å². The summed E-state index contributed by atoms with van der Waals surface area (Å²) in [7, 11) is 0. The fourth-order valence-electron chi connectivity index (χ4n) is 2.45. The second-order valence-electron chi connectivity index (χ2n) is 4.86. The summed E-state index contributed by atoms with van der Waals surface area (Å²) in [4.78, 5) is 20.9. The third-order valence-corrected chi connectivity index (χ3v) is 4.30. The highest BCUT2D eigenvalue weighted by Gasteiger charge is 2.20. The lowest BCUT2D eigenvalue weighted by molar-refractivity contribution is 0.0756. The quantitative estimate of drug-likeness (QED) is 0.793. The third-order valence-electron chi connectivity index (χ3n) is 3.38. The average molecular weight is 263 g/mol. The summed E-state index contributed by atoms with van der Waals surface area (Å²) in [6, 6.07) is 0. The molecule has 2 aromatic heterocycles. The van der Waals surface area contributed by atoms with Crippen molar-refractivity contribution >= 4 is 22.2 Å². The molecule has 96 valence electrons. The fraction of sp³-hybridized carbons (Fsp3) is 0.538. The van der Waals surface area contributed by atoms with Crippen molar-refractivity contribution in [3.63, 3.8) is 0 Å². The predicted octanol–water partition coefficient (Wildman–Crippen LogP) is 2.72. The molecule has 0 aromatic carbocycles. The van der Waals surface area contributed by atoms with Gasteiger partial charge in [-0.05, 0) is 19.8 Å². The number of likely N-dealkylation sites (tertiary alicyclic amines) is 1. The summed E-state index contributed by atoms with van der Waals surface area (Å²) in [5.74, 6) is 0.0884. The van der Waals surface area contributed by atoms with Crippen LogP contribution in [0.15, 0.2) is 12.4 Å². The summed E-state index contributed by atoms with van der Waals surface area (Å²) in [6.45, 7) is 3.81. The Labute approximate surface area is 110 Å². The van der Waals surface area contributed by atoms with Crippen LogP contribution < -0.4 is 0 Å². The van der Waals surface area contributed by atoms with Gasteiger partial charge >= 0.3 is 0 Å². The van der Waals surface area contributed by atoms with Crippen molar-refractivity contribution < 1.29 is 4.79 Å². The van der Waals surface area contributed by atoms with E-state index in [1.54, 1.807) is 11.3 Å². The lowest BCUT2D eigenvalue weighted by Crippen LogP contribution is -2.32. The molecule has 1 aliphatic heterocycles. The zero-order valence-electron chi connectivity index (χ0n) is 10.6. The zero-order chi connectivity index (χ0) is 12.5. The first-order valence-corrected chi connectivity index (χ1v) is 7.30. The minimum absolute atomic E-state index is 0.0884. The first-order chi connectivity index (χ1) is 8.74. The Bertz CT molecular complexity index is 532. The average Bonchev–Trinajstić information content (AvgIpc) is 2.75. The van der Waals surface area contributed by atoms with E-state index in [2.05, 4.69) is 11.9 Å². The zero-order valence-corrected chi connectivity index (χ0v) is 11.4. The maximum atomic E-state index is 12.4. The Morgan fingerprint density at radius 1 is 1.22 bits per heavy atom. The smallest absolute Gasteiger partial charge is 0.274 e. The SMILES string of the molecule is Cc1cn2cc(C(=O)N3CCCCCC3)nc2s1. The van der Waals surface area contributed by atoms with Gasteiger partial charge in [0.2, 0.25) is 0 Å². The topological polar surface area (TPSA) is 37.6 Å². The van der Waals surface area contributed by atoms with E-state index in [0.29, 0.717) is 5.69 Å². The lowest BCUT2D eigenvalue weighted by atomic mass is 10.2. The molecule has 5 heteroatoms. The van der Waals surface area contributed by atoms with Gasteiger partial charge in [-0.1, -0.05) is 12.8 Å². The number of imidazole rings is 1. The molecule has 3 heterocycles. The van der Waals surface area contributed by atoms with Crippen LogP contribution in [0.1, 0.15) is 41.0 Å². The minimum atomic E-state index is 0.0884. The highest BCUT2D eigenvalue weighted by Crippen LogP contribution is 2.18. The molecular weight excluding hydrogens is 246 g/mol. The summed E-state index contributed by atoms with van der Waals surface area (Å²) in [5.41, 5.74) is 0.586. The van der Waals surface area contributed by atoms with Gasteiger partial charge in [-0.15, -0.1) is 11.3 Å². The van der Waals surface area contributed by atoms with E-state index in [1.807, 2.05) is 21.7 Å². The highest BCUT2D eigenvalue weighted by molar-refractivity contribution is 7.17. The molecule has 1 amide bonds. The number of hydrogen-bond acceptors (Lipinski definition) is 3. The van der Waals surface area contributed by atoms with Gasteiger partial charge in [-0.3, -0.25) is 9.20 Å². The summed E-state index contributed by atoms with van der Waals surface area (Å²) in [5, 5.41) is 0. The number of aromatic nitrogens is 2. The summed E-state index contributed by atoms with van der Waals surface area (Å²) >= 11 is 1.62. The van der Waals surface area contributed by atoms with E-state index in [-0.39, 0.29) is 5.91 Å². The molecule has 0 aliphatic carbocycles. The maximum absolute atomic E-state index is 12.4. The van der Waals surface area contributed by atoms with Crippen molar-refractivity contribution in [3.8, 4) is 0 Å². The predicted molar refractivity (Wildman–Crippen MR) is 72.2 cm³/mol. The second kappa shape index (κ2) is 4.72. The van der Waals surface area contributed by atoms with Crippen LogP contribution in [0.2, 0.25) is 0 Å². The number of fused-ring (bicyclic) bond motifs is 1. The van der Waals surface area contributed by atoms with Crippen LogP contribution in [0, 0.1) is 6.92 Å². The Morgan fingerprint density at radius 3 is 2.61 bits per heavy atom. The van der Waals surface area contributed by atoms with E-state index in [9.17, 15) is 4.79 Å². The number of carbonyl (C=O) groups excluding carboxylic acids is 1. The van der Waals surface area contributed by atoms with Gasteiger partial charge in [-0.25, -0.2) is 4.98 Å². The summed E-state index contributed by atoms with van der Waals surface area (Å²) < 4.78 is 1.95. The molecule has 1 aliphatic rings. The Kier molecular flexibility index (Phi) is 3.07. The van der Waals surface area contributed by atoms with Gasteiger partial charge in [0.1, 0.15) is 5.69 Å². The third kappa shape index (κ3) is 2.14. The standard InChI is InChI=1S/C13H17N3OS/c1-10-8-16-9-11(14-13(16)18-10)12(17)15-6-4-2-3-5-7-15/h8-9H,2-7H2,1H3. The molecule has 0 saturated carbocycles. The number of nitrogens with zero attached hydrogens (tertiary/aromatic N) is 3. The van der Waals surface area contributed by atoms with E-state index in [4.69, 9.17) is 0 Å². The van der Waals surface area contributed by atoms with Crippen molar-refractivity contribution in [2.75, 3.05) is 13.1 Å². The van der Waals surface area contributed by atoms with Crippen LogP contribution in [0.4, 0.5) is 0 Å². The molecule has 0 N–H and O–H groups in total. The molecule has 0 radical (unpaired) electrons. The molecular formula is C13H17N3OS. The van der Waals surface area contributed by atoms with Gasteiger partial charge in [0, 0.05) is 30.4 Å². The van der Waals surface area contributed by atoms with Crippen LogP contribution in [0.25, 0.3) is 4.96 Å². The van der Waals surface area contributed by atoms with Crippen molar-refractivity contribution in [2.45, 2.75) is 32.6 Å². The number of carbonyl (C=O) groups is 1. The highest BCUT2D eigenvalue weighted by atomic mass is 32.1. The van der Waals surface area contributed by atoms with E-state index in [1.165, 1.54) is 17.7 Å². The molecule has 18 heavy (non-hydrogen) atoms. The maximum Gasteiger partial charge on any atom is 0.274 e. The summed E-state index contributed by atoms with van der Waals surface area (Å²) in [6.07, 6.45) is 8.58. The van der Waals surface area contributed by atoms with Crippen LogP contribution in [0.5, 0.6) is 0 Å². The Balaban J connectivity index is 1.83. The molecule has 0 spiro atoms. The minimum Gasteiger partial charge on any atom is -0.337 e. The van der Waals surface area contributed by atoms with Crippen molar-refractivity contribution in [2.24, 2.45) is 0 Å². The molecule has 1 saturated heterocycles. The van der Waals surface area contributed by atoms with E-state index < -0.39 is 0 Å². The van der Waals surface area contributed by atoms with Crippen LogP contribution in [-0.4, -0.2) is 33.3 Å². The van der Waals surface area contributed by atoms with E-state index in [0.717, 1.165) is 30.9 Å². The van der Waals surface area contributed by atoms with Crippen LogP contribution in [0.3, 0.4) is 0 Å². The Morgan fingerprint density at radius 2 is 1.94 bits per heavy atom. The number of amides is 1. The number of rotatable bonds is 1. The monoisotopic (exact) mass is 263 g/mol. The first kappa shape index (κ1) is 11.7. The fourth-order valence-corrected chi connectivity index (χ4v) is 3.26. The van der Waals surface area contributed by atoms with E-state index >= 15 is 0 Å². The van der Waals surface area contributed by atoms with Gasteiger partial charge in [-0.2, -0.15) is 0 Å². The number of hydrogen-bond donors (Lipinski definition) is 0. The largest absolute Gasteiger partial charge is 0.337 e. The van der Waals surface area contributed by atoms with Crippen molar-refractivity contribution in [3.05, 3.63) is 23.0 Å². The number of aryl methyl sites for hydroxylation is 1. The van der Waals surface area contributed by atoms with Crippen molar-refractivity contribution in [1.82, 2.24) is 14.3 Å². The van der Waals surface area contributed by atoms with Crippen LogP contribution in [-0.2, 0) is 0 Å². The second-order valence-corrected chi connectivity index (χ2v) is 6.08. The van der Waals surface area contributed by atoms with Gasteiger partial charge in [0.25, 0.3) is 5.91 Å². The lowest BCUT2D eigenvalue weighted by Gasteiger charge is -2.18. The van der Waals surface area contributed by atoms with Gasteiger partial charge in [0.15, 0.2) is 4.96 Å². The molecule has 0 unspecified atom stereocenters. The van der Waals surface area contributed by atoms with Crippen molar-refractivity contribution in [1.29, 1.82) is 0 Å². The molecule has 2 aromatic rings. The Hall–Kier alpha value is -1.36. The normalized spacial score (nSPS) is 17.1. The first-order valence-electron chi connectivity index (χ1n) is 6.48. The number of thiazole rings is 1.